The van der Waals surface area contributed by atoms with Crippen molar-refractivity contribution in [1.82, 2.24) is 10.2 Å². The number of amides is 2. The molecule has 4 fully saturated rings. The Morgan fingerprint density at radius 2 is 1.81 bits per heavy atom. The number of hydrogen-bond acceptors (Lipinski definition) is 5. The normalized spacial score (nSPS) is 29.3. The number of hydrogen-bond donors (Lipinski definition) is 2. The van der Waals surface area contributed by atoms with Gasteiger partial charge in [-0.1, -0.05) is 6.07 Å². The predicted molar refractivity (Wildman–Crippen MR) is 117 cm³/mol. The van der Waals surface area contributed by atoms with E-state index >= 15 is 0 Å². The lowest BCUT2D eigenvalue weighted by atomic mass is 9.89. The van der Waals surface area contributed by atoms with Crippen LogP contribution in [0.3, 0.4) is 0 Å². The quantitative estimate of drug-likeness (QED) is 0.720. The molecule has 3 heterocycles. The first-order valence-electron chi connectivity index (χ1n) is 11.8. The highest BCUT2D eigenvalue weighted by Gasteiger charge is 2.52. The molecule has 7 heteroatoms. The van der Waals surface area contributed by atoms with Crippen LogP contribution in [0.15, 0.2) is 18.2 Å². The largest absolute Gasteiger partial charge is 0.369 e. The molecular formula is C24H33FN4O2. The Labute approximate surface area is 183 Å². The number of nitrogens with two attached hydrogens (primary N) is 1. The van der Waals surface area contributed by atoms with Crippen LogP contribution in [0.4, 0.5) is 10.1 Å². The van der Waals surface area contributed by atoms with E-state index in [1.54, 1.807) is 6.07 Å². The Morgan fingerprint density at radius 1 is 1.10 bits per heavy atom. The zero-order valence-corrected chi connectivity index (χ0v) is 18.1. The lowest BCUT2D eigenvalue weighted by Crippen LogP contribution is -2.42. The Hall–Kier alpha value is -1.99. The lowest BCUT2D eigenvalue weighted by Gasteiger charge is -2.38. The minimum atomic E-state index is -0.444. The summed E-state index contributed by atoms with van der Waals surface area (Å²) in [5.41, 5.74) is 7.86. The molecule has 0 aromatic heterocycles. The summed E-state index contributed by atoms with van der Waals surface area (Å²) < 4.78 is 14.9. The summed E-state index contributed by atoms with van der Waals surface area (Å²) in [7, 11) is 0. The van der Waals surface area contributed by atoms with Gasteiger partial charge in [0, 0.05) is 32.1 Å². The first kappa shape index (κ1) is 20.9. The van der Waals surface area contributed by atoms with Crippen molar-refractivity contribution in [3.8, 4) is 0 Å². The molecule has 5 rings (SSSR count). The molecule has 3 aliphatic heterocycles. The fourth-order valence-electron chi connectivity index (χ4n) is 5.86. The number of piperidine rings is 3. The van der Waals surface area contributed by atoms with Crippen LogP contribution in [0.2, 0.25) is 0 Å². The maximum atomic E-state index is 14.9. The van der Waals surface area contributed by atoms with Crippen molar-refractivity contribution in [3.05, 3.63) is 29.6 Å². The Morgan fingerprint density at radius 3 is 2.42 bits per heavy atom. The molecule has 168 valence electrons. The molecule has 0 bridgehead atoms. The summed E-state index contributed by atoms with van der Waals surface area (Å²) in [5, 5.41) is 2.35. The third kappa shape index (κ3) is 4.22. The van der Waals surface area contributed by atoms with Gasteiger partial charge in [0.1, 0.15) is 5.82 Å². The molecule has 2 amide bonds. The average Bonchev–Trinajstić information content (AvgIpc) is 3.38. The fraction of sp³-hybridized carbons (Fsp3) is 0.667. The van der Waals surface area contributed by atoms with Crippen molar-refractivity contribution >= 4 is 17.5 Å². The van der Waals surface area contributed by atoms with E-state index < -0.39 is 5.92 Å². The van der Waals surface area contributed by atoms with E-state index in [-0.39, 0.29) is 17.6 Å². The highest BCUT2D eigenvalue weighted by Crippen LogP contribution is 2.52. The van der Waals surface area contributed by atoms with Crippen molar-refractivity contribution in [2.75, 3.05) is 37.6 Å². The molecule has 31 heavy (non-hydrogen) atoms. The number of nitrogens with zero attached hydrogens (tertiary/aromatic N) is 2. The van der Waals surface area contributed by atoms with Gasteiger partial charge in [-0.15, -0.1) is 0 Å². The van der Waals surface area contributed by atoms with Crippen molar-refractivity contribution in [1.29, 1.82) is 0 Å². The smallest absolute Gasteiger partial charge is 0.234 e. The number of imide groups is 1. The molecule has 1 saturated carbocycles. The Kier molecular flexibility index (Phi) is 5.51. The summed E-state index contributed by atoms with van der Waals surface area (Å²) in [6, 6.07) is 5.57. The highest BCUT2D eigenvalue weighted by atomic mass is 19.1. The van der Waals surface area contributed by atoms with E-state index in [9.17, 15) is 14.0 Å². The lowest BCUT2D eigenvalue weighted by molar-refractivity contribution is -0.134. The SMILES string of the molecule is NC1CC12CCN(CC1CCN(c3ccc(C4CCC(=O)NC4=O)cc3F)CC1)CC2. The van der Waals surface area contributed by atoms with Crippen LogP contribution in [-0.4, -0.2) is 55.5 Å². The minimum absolute atomic E-state index is 0.249. The van der Waals surface area contributed by atoms with Crippen molar-refractivity contribution in [2.24, 2.45) is 17.1 Å². The Balaban J connectivity index is 1.14. The van der Waals surface area contributed by atoms with E-state index in [2.05, 4.69) is 15.1 Å². The van der Waals surface area contributed by atoms with Gasteiger partial charge in [-0.3, -0.25) is 14.9 Å². The standard InChI is InChI=1S/C24H33FN4O2/c25-19-13-17(18-2-4-22(30)27-23(18)31)1-3-20(19)29-9-5-16(6-10-29)15-28-11-7-24(8-12-28)14-21(24)26/h1,3,13,16,18,21H,2,4-12,14-15,26H2,(H,27,30,31). The van der Waals surface area contributed by atoms with Gasteiger partial charge in [-0.2, -0.15) is 0 Å². The predicted octanol–water partition coefficient (Wildman–Crippen LogP) is 2.38. The first-order valence-corrected chi connectivity index (χ1v) is 11.8. The van der Waals surface area contributed by atoms with Crippen LogP contribution in [0.5, 0.6) is 0 Å². The van der Waals surface area contributed by atoms with Gasteiger partial charge < -0.3 is 15.5 Å². The fourth-order valence-corrected chi connectivity index (χ4v) is 5.86. The number of rotatable bonds is 4. The third-order valence-corrected chi connectivity index (χ3v) is 8.19. The number of carbonyl (C=O) groups excluding carboxylic acids is 2. The number of carbonyl (C=O) groups is 2. The number of benzene rings is 1. The van der Waals surface area contributed by atoms with E-state index in [4.69, 9.17) is 5.73 Å². The second kappa shape index (κ2) is 8.17. The van der Waals surface area contributed by atoms with Crippen LogP contribution in [-0.2, 0) is 9.59 Å². The minimum Gasteiger partial charge on any atom is -0.369 e. The van der Waals surface area contributed by atoms with Crippen LogP contribution >= 0.6 is 0 Å². The maximum absolute atomic E-state index is 14.9. The molecule has 1 spiro atoms. The average molecular weight is 429 g/mol. The van der Waals surface area contributed by atoms with Gasteiger partial charge in [0.2, 0.25) is 11.8 Å². The second-order valence-corrected chi connectivity index (χ2v) is 10.1. The zero-order chi connectivity index (χ0) is 21.6. The summed E-state index contributed by atoms with van der Waals surface area (Å²) in [6.45, 7) is 5.22. The number of halogens is 1. The van der Waals surface area contributed by atoms with Crippen molar-refractivity contribution in [3.63, 3.8) is 0 Å². The van der Waals surface area contributed by atoms with Gasteiger partial charge in [-0.25, -0.2) is 4.39 Å². The topological polar surface area (TPSA) is 78.7 Å². The third-order valence-electron chi connectivity index (χ3n) is 8.19. The van der Waals surface area contributed by atoms with E-state index in [1.165, 1.54) is 38.4 Å². The maximum Gasteiger partial charge on any atom is 0.234 e. The van der Waals surface area contributed by atoms with E-state index in [1.807, 2.05) is 6.07 Å². The highest BCUT2D eigenvalue weighted by molar-refractivity contribution is 6.00. The van der Waals surface area contributed by atoms with Crippen LogP contribution in [0, 0.1) is 17.2 Å². The molecule has 1 aromatic carbocycles. The summed E-state index contributed by atoms with van der Waals surface area (Å²) >= 11 is 0. The van der Waals surface area contributed by atoms with Gasteiger partial charge in [0.25, 0.3) is 0 Å². The number of likely N-dealkylation sites (tertiary alicyclic amines) is 1. The first-order chi connectivity index (χ1) is 14.9. The monoisotopic (exact) mass is 428 g/mol. The van der Waals surface area contributed by atoms with Gasteiger partial charge in [0.05, 0.1) is 11.6 Å². The molecule has 2 unspecified atom stereocenters. The van der Waals surface area contributed by atoms with Crippen molar-refractivity contribution < 1.29 is 14.0 Å². The molecule has 2 atom stereocenters. The Bertz CT molecular complexity index is 859. The molecule has 1 aliphatic carbocycles. The number of nitrogens with one attached hydrogen (secondary N) is 1. The number of anilines is 1. The van der Waals surface area contributed by atoms with Crippen molar-refractivity contribution in [2.45, 2.75) is 56.9 Å². The van der Waals surface area contributed by atoms with Crippen LogP contribution < -0.4 is 16.0 Å². The molecular weight excluding hydrogens is 395 g/mol. The van der Waals surface area contributed by atoms with Gasteiger partial charge in [0.15, 0.2) is 0 Å². The summed E-state index contributed by atoms with van der Waals surface area (Å²) in [4.78, 5) is 28.2. The van der Waals surface area contributed by atoms with Gasteiger partial charge >= 0.3 is 0 Å². The van der Waals surface area contributed by atoms with Crippen LogP contribution in [0.25, 0.3) is 0 Å². The molecule has 0 radical (unpaired) electrons. The molecule has 4 aliphatic rings. The second-order valence-electron chi connectivity index (χ2n) is 10.1. The zero-order valence-electron chi connectivity index (χ0n) is 18.1. The molecule has 6 nitrogen and oxygen atoms in total. The molecule has 3 saturated heterocycles. The summed E-state index contributed by atoms with van der Waals surface area (Å²) in [6.07, 6.45) is 6.62. The van der Waals surface area contributed by atoms with Crippen LogP contribution in [0.1, 0.15) is 56.4 Å². The summed E-state index contributed by atoms with van der Waals surface area (Å²) in [5.74, 6) is -0.620. The molecule has 1 aromatic rings. The molecule has 3 N–H and O–H groups in total. The van der Waals surface area contributed by atoms with E-state index in [0.29, 0.717) is 41.5 Å². The van der Waals surface area contributed by atoms with Gasteiger partial charge in [-0.05, 0) is 80.6 Å². The van der Waals surface area contributed by atoms with E-state index in [0.717, 1.165) is 32.5 Å².